The van der Waals surface area contributed by atoms with Gasteiger partial charge in [-0.1, -0.05) is 50.8 Å². The largest absolute Gasteiger partial charge is 0.462 e. The monoisotopic (exact) mass is 218 g/mol. The van der Waals surface area contributed by atoms with Crippen LogP contribution < -0.4 is 0 Å². The summed E-state index contributed by atoms with van der Waals surface area (Å²) in [5, 5.41) is 0. The third kappa shape index (κ3) is 3.89. The summed E-state index contributed by atoms with van der Waals surface area (Å²) in [4.78, 5) is 11.6. The van der Waals surface area contributed by atoms with Crippen LogP contribution in [0.2, 0.25) is 0 Å². The molecule has 0 spiro atoms. The molecule has 0 atom stereocenters. The van der Waals surface area contributed by atoms with Crippen molar-refractivity contribution in [1.29, 1.82) is 0 Å². The Kier molecular flexibility index (Phi) is 4.77. The summed E-state index contributed by atoms with van der Waals surface area (Å²) < 4.78 is 5.13. The number of benzene rings is 1. The SMILES string of the molecule is C=C(C(=O)OCCC(C)C)c1ccccc1. The minimum absolute atomic E-state index is 0.327. The van der Waals surface area contributed by atoms with Gasteiger partial charge in [0.05, 0.1) is 12.2 Å². The molecule has 0 saturated carbocycles. The molecule has 1 aromatic carbocycles. The second kappa shape index (κ2) is 6.11. The first-order valence-electron chi connectivity index (χ1n) is 5.52. The average Bonchev–Trinajstić information content (AvgIpc) is 2.28. The van der Waals surface area contributed by atoms with Gasteiger partial charge in [-0.15, -0.1) is 0 Å². The van der Waals surface area contributed by atoms with Gasteiger partial charge in [0.1, 0.15) is 0 Å². The van der Waals surface area contributed by atoms with Crippen LogP contribution in [0.25, 0.3) is 5.57 Å². The van der Waals surface area contributed by atoms with Gasteiger partial charge in [-0.2, -0.15) is 0 Å². The molecule has 0 N–H and O–H groups in total. The molecule has 0 aliphatic rings. The molecule has 0 fully saturated rings. The Labute approximate surface area is 96.9 Å². The van der Waals surface area contributed by atoms with Crippen molar-refractivity contribution < 1.29 is 9.53 Å². The summed E-state index contributed by atoms with van der Waals surface area (Å²) in [6.45, 7) is 8.40. The van der Waals surface area contributed by atoms with Crippen LogP contribution in [0.4, 0.5) is 0 Å². The highest BCUT2D eigenvalue weighted by molar-refractivity contribution is 6.15. The van der Waals surface area contributed by atoms with E-state index < -0.39 is 0 Å². The van der Waals surface area contributed by atoms with Crippen LogP contribution >= 0.6 is 0 Å². The molecule has 0 aliphatic carbocycles. The van der Waals surface area contributed by atoms with E-state index in [0.717, 1.165) is 12.0 Å². The molecule has 0 bridgehead atoms. The fourth-order valence-corrected chi connectivity index (χ4v) is 1.23. The summed E-state index contributed by atoms with van der Waals surface area (Å²) in [5.74, 6) is 0.213. The number of hydrogen-bond donors (Lipinski definition) is 0. The van der Waals surface area contributed by atoms with E-state index in [1.54, 1.807) is 0 Å². The first-order chi connectivity index (χ1) is 7.61. The summed E-state index contributed by atoms with van der Waals surface area (Å²) in [5.41, 5.74) is 1.24. The molecular formula is C14H18O2. The van der Waals surface area contributed by atoms with Crippen LogP contribution in [0.15, 0.2) is 36.9 Å². The molecule has 0 radical (unpaired) electrons. The van der Waals surface area contributed by atoms with Gasteiger partial charge in [0.15, 0.2) is 0 Å². The van der Waals surface area contributed by atoms with Crippen molar-refractivity contribution >= 4 is 11.5 Å². The number of hydrogen-bond acceptors (Lipinski definition) is 2. The smallest absolute Gasteiger partial charge is 0.338 e. The van der Waals surface area contributed by atoms with Crippen molar-refractivity contribution in [2.24, 2.45) is 5.92 Å². The third-order valence-corrected chi connectivity index (χ3v) is 2.30. The molecule has 16 heavy (non-hydrogen) atoms. The normalized spacial score (nSPS) is 10.2. The minimum Gasteiger partial charge on any atom is -0.462 e. The molecule has 0 aliphatic heterocycles. The topological polar surface area (TPSA) is 26.3 Å². The molecule has 1 rings (SSSR count). The maximum absolute atomic E-state index is 11.6. The number of esters is 1. The molecule has 0 saturated heterocycles. The first-order valence-corrected chi connectivity index (χ1v) is 5.52. The minimum atomic E-state index is -0.327. The van der Waals surface area contributed by atoms with Gasteiger partial charge >= 0.3 is 5.97 Å². The lowest BCUT2D eigenvalue weighted by Crippen LogP contribution is -2.08. The fourth-order valence-electron chi connectivity index (χ4n) is 1.23. The van der Waals surface area contributed by atoms with E-state index in [4.69, 9.17) is 4.74 Å². The standard InChI is InChI=1S/C14H18O2/c1-11(2)9-10-16-14(15)12(3)13-7-5-4-6-8-13/h4-8,11H,3,9-10H2,1-2H3. The Bertz CT molecular complexity index is 352. The predicted molar refractivity (Wildman–Crippen MR) is 65.9 cm³/mol. The van der Waals surface area contributed by atoms with Gasteiger partial charge in [-0.25, -0.2) is 4.79 Å². The predicted octanol–water partition coefficient (Wildman–Crippen LogP) is 3.29. The van der Waals surface area contributed by atoms with Crippen molar-refractivity contribution in [3.8, 4) is 0 Å². The molecule has 2 heteroatoms. The molecule has 0 aromatic heterocycles. The van der Waals surface area contributed by atoms with Crippen LogP contribution in [0.5, 0.6) is 0 Å². The molecule has 2 nitrogen and oxygen atoms in total. The van der Waals surface area contributed by atoms with Gasteiger partial charge in [0.25, 0.3) is 0 Å². The fraction of sp³-hybridized carbons (Fsp3) is 0.357. The summed E-state index contributed by atoms with van der Waals surface area (Å²) in [7, 11) is 0. The lowest BCUT2D eigenvalue weighted by Gasteiger charge is -2.08. The maximum atomic E-state index is 11.6. The van der Waals surface area contributed by atoms with Crippen molar-refractivity contribution in [2.75, 3.05) is 6.61 Å². The highest BCUT2D eigenvalue weighted by atomic mass is 16.5. The second-order valence-corrected chi connectivity index (χ2v) is 4.16. The van der Waals surface area contributed by atoms with E-state index >= 15 is 0 Å². The van der Waals surface area contributed by atoms with Crippen LogP contribution in [-0.2, 0) is 9.53 Å². The van der Waals surface area contributed by atoms with Crippen LogP contribution in [-0.4, -0.2) is 12.6 Å². The van der Waals surface area contributed by atoms with Gasteiger partial charge < -0.3 is 4.74 Å². The van der Waals surface area contributed by atoms with E-state index in [9.17, 15) is 4.79 Å². The van der Waals surface area contributed by atoms with Gasteiger partial charge in [-0.3, -0.25) is 0 Å². The second-order valence-electron chi connectivity index (χ2n) is 4.16. The first kappa shape index (κ1) is 12.5. The highest BCUT2D eigenvalue weighted by Crippen LogP contribution is 2.13. The van der Waals surface area contributed by atoms with E-state index in [1.165, 1.54) is 0 Å². The number of rotatable bonds is 5. The van der Waals surface area contributed by atoms with Gasteiger partial charge in [0, 0.05) is 0 Å². The summed E-state index contributed by atoms with van der Waals surface area (Å²) in [6, 6.07) is 9.36. The summed E-state index contributed by atoms with van der Waals surface area (Å²) >= 11 is 0. The molecular weight excluding hydrogens is 200 g/mol. The van der Waals surface area contributed by atoms with Crippen molar-refractivity contribution in [2.45, 2.75) is 20.3 Å². The zero-order valence-corrected chi connectivity index (χ0v) is 9.90. The lowest BCUT2D eigenvalue weighted by atomic mass is 10.1. The van der Waals surface area contributed by atoms with Crippen molar-refractivity contribution in [3.63, 3.8) is 0 Å². The van der Waals surface area contributed by atoms with Crippen molar-refractivity contribution in [3.05, 3.63) is 42.5 Å². The van der Waals surface area contributed by atoms with Gasteiger partial charge in [-0.05, 0) is 17.9 Å². The molecule has 86 valence electrons. The van der Waals surface area contributed by atoms with E-state index in [2.05, 4.69) is 20.4 Å². The Balaban J connectivity index is 2.46. The maximum Gasteiger partial charge on any atom is 0.338 e. The van der Waals surface area contributed by atoms with Crippen LogP contribution in [0.1, 0.15) is 25.8 Å². The zero-order chi connectivity index (χ0) is 12.0. The molecule has 1 aromatic rings. The Morgan fingerprint density at radius 1 is 1.31 bits per heavy atom. The van der Waals surface area contributed by atoms with Gasteiger partial charge in [0.2, 0.25) is 0 Å². The molecule has 0 unspecified atom stereocenters. The number of carbonyl (C=O) groups is 1. The molecule has 0 heterocycles. The number of ether oxygens (including phenoxy) is 1. The average molecular weight is 218 g/mol. The summed E-state index contributed by atoms with van der Waals surface area (Å²) in [6.07, 6.45) is 0.883. The quantitative estimate of drug-likeness (QED) is 0.560. The molecule has 0 amide bonds. The third-order valence-electron chi connectivity index (χ3n) is 2.30. The Morgan fingerprint density at radius 3 is 2.50 bits per heavy atom. The van der Waals surface area contributed by atoms with Crippen molar-refractivity contribution in [1.82, 2.24) is 0 Å². The van der Waals surface area contributed by atoms with Crippen LogP contribution in [0.3, 0.4) is 0 Å². The highest BCUT2D eigenvalue weighted by Gasteiger charge is 2.10. The van der Waals surface area contributed by atoms with Crippen LogP contribution in [0, 0.1) is 5.92 Å². The lowest BCUT2D eigenvalue weighted by molar-refractivity contribution is -0.136. The Hall–Kier alpha value is -1.57. The zero-order valence-electron chi connectivity index (χ0n) is 9.90. The van der Waals surface area contributed by atoms with E-state index in [0.29, 0.717) is 18.1 Å². The number of carbonyl (C=O) groups excluding carboxylic acids is 1. The Morgan fingerprint density at radius 2 is 1.94 bits per heavy atom. The van der Waals surface area contributed by atoms with E-state index in [1.807, 2.05) is 30.3 Å². The van der Waals surface area contributed by atoms with E-state index in [-0.39, 0.29) is 5.97 Å².